The molecule has 2 nitrogen and oxygen atoms in total. The number of hydrogen-bond donors (Lipinski definition) is 1. The predicted molar refractivity (Wildman–Crippen MR) is 68.7 cm³/mol. The number of likely N-dealkylation sites (N-methyl/N-ethyl adjacent to an activating group) is 1. The van der Waals surface area contributed by atoms with Crippen LogP contribution in [-0.2, 0) is 0 Å². The molecule has 88 valence electrons. The van der Waals surface area contributed by atoms with Crippen molar-refractivity contribution in [3.63, 3.8) is 0 Å². The lowest BCUT2D eigenvalue weighted by atomic mass is 9.94. The minimum atomic E-state index is 0.588. The molecule has 0 radical (unpaired) electrons. The zero-order chi connectivity index (χ0) is 11.5. The van der Waals surface area contributed by atoms with Gasteiger partial charge in [0.15, 0.2) is 0 Å². The first kappa shape index (κ1) is 11.6. The summed E-state index contributed by atoms with van der Waals surface area (Å²) >= 11 is 0. The van der Waals surface area contributed by atoms with Crippen molar-refractivity contribution in [3.05, 3.63) is 35.9 Å². The number of benzene rings is 1. The summed E-state index contributed by atoms with van der Waals surface area (Å²) in [5.74, 6) is 0.633. The lowest BCUT2D eigenvalue weighted by Gasteiger charge is -2.19. The first-order valence-electron chi connectivity index (χ1n) is 6.18. The molecule has 2 rings (SSSR count). The van der Waals surface area contributed by atoms with Crippen molar-refractivity contribution < 1.29 is 0 Å². The zero-order valence-electron chi connectivity index (χ0n) is 10.5. The van der Waals surface area contributed by atoms with Gasteiger partial charge in [0.1, 0.15) is 0 Å². The van der Waals surface area contributed by atoms with Gasteiger partial charge in [-0.2, -0.15) is 0 Å². The number of hydrogen-bond acceptors (Lipinski definition) is 2. The molecule has 1 N–H and O–H groups in total. The molecule has 1 aliphatic heterocycles. The number of likely N-dealkylation sites (tertiary alicyclic amines) is 1. The highest BCUT2D eigenvalue weighted by atomic mass is 15.2. The third-order valence-electron chi connectivity index (χ3n) is 3.68. The molecule has 1 aromatic rings. The van der Waals surface area contributed by atoms with Crippen LogP contribution in [0.4, 0.5) is 0 Å². The fraction of sp³-hybridized carbons (Fsp3) is 0.571. The molecular formula is C14H22N2. The zero-order valence-corrected chi connectivity index (χ0v) is 10.5. The first-order valence-corrected chi connectivity index (χ1v) is 6.18. The van der Waals surface area contributed by atoms with Gasteiger partial charge in [-0.3, -0.25) is 4.90 Å². The summed E-state index contributed by atoms with van der Waals surface area (Å²) in [6.45, 7) is 6.89. The van der Waals surface area contributed by atoms with E-state index in [1.54, 1.807) is 0 Å². The van der Waals surface area contributed by atoms with E-state index in [-0.39, 0.29) is 0 Å². The van der Waals surface area contributed by atoms with Gasteiger partial charge in [0.25, 0.3) is 0 Å². The largest absolute Gasteiger partial charge is 0.315 e. The van der Waals surface area contributed by atoms with Crippen LogP contribution in [0.3, 0.4) is 0 Å². The van der Waals surface area contributed by atoms with Gasteiger partial charge in [0.2, 0.25) is 0 Å². The van der Waals surface area contributed by atoms with Gasteiger partial charge >= 0.3 is 0 Å². The number of nitrogens with zero attached hydrogens (tertiary/aromatic N) is 1. The predicted octanol–water partition coefficient (Wildman–Crippen LogP) is 2.08. The molecule has 0 bridgehead atoms. The SMILES string of the molecule is CN[C@@H]1CN(C(C)C)C[C@H]1c1ccccc1. The van der Waals surface area contributed by atoms with Crippen LogP contribution >= 0.6 is 0 Å². The van der Waals surface area contributed by atoms with Crippen LogP contribution in [0, 0.1) is 0 Å². The van der Waals surface area contributed by atoms with E-state index in [0.29, 0.717) is 18.0 Å². The monoisotopic (exact) mass is 218 g/mol. The van der Waals surface area contributed by atoms with E-state index in [2.05, 4.69) is 61.4 Å². The second-order valence-electron chi connectivity index (χ2n) is 4.96. The molecule has 1 fully saturated rings. The highest BCUT2D eigenvalue weighted by Crippen LogP contribution is 2.28. The molecule has 1 saturated heterocycles. The lowest BCUT2D eigenvalue weighted by Crippen LogP contribution is -2.34. The van der Waals surface area contributed by atoms with E-state index >= 15 is 0 Å². The molecule has 0 aliphatic carbocycles. The standard InChI is InChI=1S/C14H22N2/c1-11(2)16-9-13(14(10-16)15-3)12-7-5-4-6-8-12/h4-8,11,13-15H,9-10H2,1-3H3/t13-,14+/m0/s1. The summed E-state index contributed by atoms with van der Waals surface area (Å²) in [5.41, 5.74) is 1.46. The second kappa shape index (κ2) is 4.98. The minimum Gasteiger partial charge on any atom is -0.315 e. The van der Waals surface area contributed by atoms with Gasteiger partial charge in [0, 0.05) is 31.1 Å². The van der Waals surface area contributed by atoms with E-state index in [9.17, 15) is 0 Å². The smallest absolute Gasteiger partial charge is 0.0273 e. The van der Waals surface area contributed by atoms with Crippen LogP contribution in [0.2, 0.25) is 0 Å². The van der Waals surface area contributed by atoms with Gasteiger partial charge in [-0.05, 0) is 26.5 Å². The average Bonchev–Trinajstić information content (AvgIpc) is 2.74. The maximum atomic E-state index is 3.46. The van der Waals surface area contributed by atoms with E-state index in [0.717, 1.165) is 6.54 Å². The maximum absolute atomic E-state index is 3.46. The molecule has 1 aliphatic rings. The summed E-state index contributed by atoms with van der Waals surface area (Å²) in [4.78, 5) is 2.55. The van der Waals surface area contributed by atoms with E-state index in [4.69, 9.17) is 0 Å². The summed E-state index contributed by atoms with van der Waals surface area (Å²) in [5, 5.41) is 3.46. The van der Waals surface area contributed by atoms with Crippen LogP contribution in [0.25, 0.3) is 0 Å². The first-order chi connectivity index (χ1) is 7.72. The maximum Gasteiger partial charge on any atom is 0.0273 e. The minimum absolute atomic E-state index is 0.588. The molecule has 0 aromatic heterocycles. The molecular weight excluding hydrogens is 196 g/mol. The lowest BCUT2D eigenvalue weighted by molar-refractivity contribution is 0.268. The van der Waals surface area contributed by atoms with E-state index in [1.165, 1.54) is 12.1 Å². The number of nitrogens with one attached hydrogen (secondary N) is 1. The van der Waals surface area contributed by atoms with Gasteiger partial charge in [-0.1, -0.05) is 30.3 Å². The average molecular weight is 218 g/mol. The quantitative estimate of drug-likeness (QED) is 0.835. The Hall–Kier alpha value is -0.860. The molecule has 1 aromatic carbocycles. The topological polar surface area (TPSA) is 15.3 Å². The Kier molecular flexibility index (Phi) is 3.62. The van der Waals surface area contributed by atoms with Crippen molar-refractivity contribution in [2.45, 2.75) is 31.8 Å². The summed E-state index contributed by atoms with van der Waals surface area (Å²) < 4.78 is 0. The molecule has 1 heterocycles. The fourth-order valence-electron chi connectivity index (χ4n) is 2.59. The molecule has 0 unspecified atom stereocenters. The van der Waals surface area contributed by atoms with Crippen molar-refractivity contribution in [1.29, 1.82) is 0 Å². The Labute approximate surface area is 98.7 Å². The van der Waals surface area contributed by atoms with E-state index < -0.39 is 0 Å². The third kappa shape index (κ3) is 2.28. The van der Waals surface area contributed by atoms with Gasteiger partial charge in [-0.25, -0.2) is 0 Å². The molecule has 0 spiro atoms. The molecule has 0 saturated carbocycles. The van der Waals surface area contributed by atoms with Crippen LogP contribution < -0.4 is 5.32 Å². The highest BCUT2D eigenvalue weighted by molar-refractivity contribution is 5.23. The Morgan fingerprint density at radius 3 is 2.44 bits per heavy atom. The molecule has 2 heteroatoms. The second-order valence-corrected chi connectivity index (χ2v) is 4.96. The van der Waals surface area contributed by atoms with Gasteiger partial charge < -0.3 is 5.32 Å². The van der Waals surface area contributed by atoms with Gasteiger partial charge in [0.05, 0.1) is 0 Å². The van der Waals surface area contributed by atoms with Crippen molar-refractivity contribution in [2.24, 2.45) is 0 Å². The van der Waals surface area contributed by atoms with Crippen molar-refractivity contribution in [2.75, 3.05) is 20.1 Å². The Balaban J connectivity index is 2.15. The third-order valence-corrected chi connectivity index (χ3v) is 3.68. The fourth-order valence-corrected chi connectivity index (χ4v) is 2.59. The Morgan fingerprint density at radius 2 is 1.88 bits per heavy atom. The summed E-state index contributed by atoms with van der Waals surface area (Å²) in [6, 6.07) is 12.1. The van der Waals surface area contributed by atoms with Crippen LogP contribution in [0.5, 0.6) is 0 Å². The summed E-state index contributed by atoms with van der Waals surface area (Å²) in [6.07, 6.45) is 0. The summed E-state index contributed by atoms with van der Waals surface area (Å²) in [7, 11) is 2.07. The van der Waals surface area contributed by atoms with E-state index in [1.807, 2.05) is 0 Å². The normalized spacial score (nSPS) is 26.5. The van der Waals surface area contributed by atoms with Crippen LogP contribution in [0.15, 0.2) is 30.3 Å². The van der Waals surface area contributed by atoms with Crippen molar-refractivity contribution >= 4 is 0 Å². The van der Waals surface area contributed by atoms with Crippen LogP contribution in [0.1, 0.15) is 25.3 Å². The van der Waals surface area contributed by atoms with Gasteiger partial charge in [-0.15, -0.1) is 0 Å². The molecule has 16 heavy (non-hydrogen) atoms. The van der Waals surface area contributed by atoms with Crippen molar-refractivity contribution in [1.82, 2.24) is 10.2 Å². The number of rotatable bonds is 3. The Bertz CT molecular complexity index is 321. The Morgan fingerprint density at radius 1 is 1.19 bits per heavy atom. The molecule has 2 atom stereocenters. The van der Waals surface area contributed by atoms with Crippen molar-refractivity contribution in [3.8, 4) is 0 Å². The molecule has 0 amide bonds. The highest BCUT2D eigenvalue weighted by Gasteiger charge is 2.33. The van der Waals surface area contributed by atoms with Crippen LogP contribution in [-0.4, -0.2) is 37.1 Å².